The van der Waals surface area contributed by atoms with Crippen LogP contribution in [0.25, 0.3) is 5.65 Å². The Morgan fingerprint density at radius 2 is 1.81 bits per heavy atom. The SMILES string of the molecule is Cc1c(N2CCC(n3ccnn3)CC2)nn2c(C(F)(F)F)nnc2c1C. The van der Waals surface area contributed by atoms with Gasteiger partial charge in [0.05, 0.1) is 12.2 Å². The summed E-state index contributed by atoms with van der Waals surface area (Å²) in [5.41, 5.74) is 1.60. The molecule has 26 heavy (non-hydrogen) atoms. The highest BCUT2D eigenvalue weighted by Gasteiger charge is 2.38. The molecule has 4 rings (SSSR count). The van der Waals surface area contributed by atoms with Gasteiger partial charge in [-0.2, -0.15) is 17.7 Å². The molecule has 0 bridgehead atoms. The molecule has 11 heteroatoms. The smallest absolute Gasteiger partial charge is 0.355 e. The van der Waals surface area contributed by atoms with Crippen molar-refractivity contribution >= 4 is 11.5 Å². The number of aryl methyl sites for hydroxylation is 1. The number of halogens is 3. The molecule has 0 saturated carbocycles. The van der Waals surface area contributed by atoms with Crippen LogP contribution in [0.1, 0.15) is 35.8 Å². The Hall–Kier alpha value is -2.72. The van der Waals surface area contributed by atoms with Gasteiger partial charge in [0.2, 0.25) is 0 Å². The van der Waals surface area contributed by atoms with Crippen LogP contribution in [0.2, 0.25) is 0 Å². The van der Waals surface area contributed by atoms with Crippen LogP contribution in [0.3, 0.4) is 0 Å². The summed E-state index contributed by atoms with van der Waals surface area (Å²) in [4.78, 5) is 2.01. The van der Waals surface area contributed by atoms with E-state index >= 15 is 0 Å². The molecule has 8 nitrogen and oxygen atoms in total. The lowest BCUT2D eigenvalue weighted by Crippen LogP contribution is -2.36. The van der Waals surface area contributed by atoms with E-state index < -0.39 is 12.0 Å². The summed E-state index contributed by atoms with van der Waals surface area (Å²) in [5.74, 6) is -0.563. The van der Waals surface area contributed by atoms with Crippen LogP contribution in [-0.4, -0.2) is 47.9 Å². The van der Waals surface area contributed by atoms with Gasteiger partial charge in [-0.3, -0.25) is 0 Å². The minimum Gasteiger partial charge on any atom is -0.355 e. The van der Waals surface area contributed by atoms with E-state index in [4.69, 9.17) is 0 Å². The molecular formula is C15H17F3N8. The topological polar surface area (TPSA) is 77.0 Å². The summed E-state index contributed by atoms with van der Waals surface area (Å²) in [6.07, 6.45) is 0.490. The lowest BCUT2D eigenvalue weighted by Gasteiger charge is -2.33. The van der Waals surface area contributed by atoms with Crippen LogP contribution in [0.4, 0.5) is 19.0 Å². The van der Waals surface area contributed by atoms with Gasteiger partial charge in [-0.15, -0.1) is 20.4 Å². The van der Waals surface area contributed by atoms with E-state index in [1.165, 1.54) is 0 Å². The standard InChI is InChI=1S/C15H17F3N8/c1-9-10(2)13(22-26-12(9)20-21-14(26)15(16,17)18)24-6-3-11(4-7-24)25-8-5-19-23-25/h5,8,11H,3-4,6-7H2,1-2H3. The van der Waals surface area contributed by atoms with Gasteiger partial charge in [0.15, 0.2) is 11.5 Å². The van der Waals surface area contributed by atoms with Crippen molar-refractivity contribution in [3.63, 3.8) is 0 Å². The predicted molar refractivity (Wildman–Crippen MR) is 85.8 cm³/mol. The largest absolute Gasteiger partial charge is 0.453 e. The Kier molecular flexibility index (Phi) is 3.81. The zero-order chi connectivity index (χ0) is 18.5. The van der Waals surface area contributed by atoms with Crippen LogP contribution in [0.5, 0.6) is 0 Å². The highest BCUT2D eigenvalue weighted by atomic mass is 19.4. The Morgan fingerprint density at radius 1 is 1.08 bits per heavy atom. The maximum absolute atomic E-state index is 13.2. The number of piperidine rings is 1. The van der Waals surface area contributed by atoms with Crippen molar-refractivity contribution in [2.45, 2.75) is 38.9 Å². The Morgan fingerprint density at radius 3 is 2.42 bits per heavy atom. The second kappa shape index (κ2) is 5.92. The maximum atomic E-state index is 13.2. The molecule has 0 aliphatic carbocycles. The number of anilines is 1. The highest BCUT2D eigenvalue weighted by Crippen LogP contribution is 2.32. The number of rotatable bonds is 2. The molecular weight excluding hydrogens is 349 g/mol. The number of fused-ring (bicyclic) bond motifs is 1. The van der Waals surface area contributed by atoms with Crippen LogP contribution in [0.15, 0.2) is 12.4 Å². The van der Waals surface area contributed by atoms with Gasteiger partial charge < -0.3 is 4.90 Å². The number of alkyl halides is 3. The van der Waals surface area contributed by atoms with E-state index in [-0.39, 0.29) is 11.7 Å². The van der Waals surface area contributed by atoms with Crippen LogP contribution >= 0.6 is 0 Å². The molecule has 0 aromatic carbocycles. The first-order chi connectivity index (χ1) is 12.4. The molecule has 138 valence electrons. The average molecular weight is 366 g/mol. The van der Waals surface area contributed by atoms with Crippen LogP contribution in [0, 0.1) is 13.8 Å². The Bertz CT molecular complexity index is 923. The third-order valence-corrected chi connectivity index (χ3v) is 4.90. The van der Waals surface area contributed by atoms with Crippen LogP contribution < -0.4 is 4.90 Å². The maximum Gasteiger partial charge on any atom is 0.453 e. The van der Waals surface area contributed by atoms with Crippen molar-refractivity contribution in [3.8, 4) is 0 Å². The Balaban J connectivity index is 1.67. The van der Waals surface area contributed by atoms with E-state index in [1.54, 1.807) is 13.1 Å². The molecule has 0 N–H and O–H groups in total. The summed E-state index contributed by atoms with van der Waals surface area (Å²) in [5, 5.41) is 19.0. The van der Waals surface area contributed by atoms with E-state index in [9.17, 15) is 13.2 Å². The molecule has 1 fully saturated rings. The molecule has 0 spiro atoms. The van der Waals surface area contributed by atoms with Crippen molar-refractivity contribution in [3.05, 3.63) is 29.3 Å². The molecule has 0 atom stereocenters. The van der Waals surface area contributed by atoms with E-state index in [1.807, 2.05) is 22.7 Å². The Labute approximate surface area is 146 Å². The zero-order valence-corrected chi connectivity index (χ0v) is 14.3. The summed E-state index contributed by atoms with van der Waals surface area (Å²) < 4.78 is 42.2. The van der Waals surface area contributed by atoms with E-state index in [0.29, 0.717) is 24.5 Å². The van der Waals surface area contributed by atoms with Gasteiger partial charge in [0.1, 0.15) is 0 Å². The van der Waals surface area contributed by atoms with Gasteiger partial charge in [-0.1, -0.05) is 5.21 Å². The first-order valence-electron chi connectivity index (χ1n) is 8.27. The van der Waals surface area contributed by atoms with Gasteiger partial charge in [-0.05, 0) is 26.7 Å². The van der Waals surface area contributed by atoms with Gasteiger partial charge in [0.25, 0.3) is 5.82 Å². The summed E-state index contributed by atoms with van der Waals surface area (Å²) in [7, 11) is 0. The van der Waals surface area contributed by atoms with Crippen molar-refractivity contribution in [2.24, 2.45) is 0 Å². The van der Waals surface area contributed by atoms with Crippen LogP contribution in [-0.2, 0) is 6.18 Å². The highest BCUT2D eigenvalue weighted by molar-refractivity contribution is 5.59. The molecule has 1 aliphatic heterocycles. The third-order valence-electron chi connectivity index (χ3n) is 4.90. The van der Waals surface area contributed by atoms with Gasteiger partial charge in [-0.25, -0.2) is 4.68 Å². The molecule has 0 radical (unpaired) electrons. The molecule has 1 aliphatic rings. The molecule has 0 amide bonds. The quantitative estimate of drug-likeness (QED) is 0.692. The van der Waals surface area contributed by atoms with Gasteiger partial charge in [0, 0.05) is 30.4 Å². The fourth-order valence-electron chi connectivity index (χ4n) is 3.34. The lowest BCUT2D eigenvalue weighted by molar-refractivity contribution is -0.146. The predicted octanol–water partition coefficient (Wildman–Crippen LogP) is 2.19. The number of nitrogens with zero attached hydrogens (tertiary/aromatic N) is 8. The zero-order valence-electron chi connectivity index (χ0n) is 14.3. The minimum absolute atomic E-state index is 0.135. The minimum atomic E-state index is -4.61. The second-order valence-corrected chi connectivity index (χ2v) is 6.43. The van der Waals surface area contributed by atoms with E-state index in [2.05, 4.69) is 25.6 Å². The molecule has 3 aromatic heterocycles. The molecule has 3 aromatic rings. The summed E-state index contributed by atoms with van der Waals surface area (Å²) >= 11 is 0. The number of hydrogen-bond donors (Lipinski definition) is 0. The molecule has 0 unspecified atom stereocenters. The summed E-state index contributed by atoms with van der Waals surface area (Å²) in [6.45, 7) is 4.94. The third kappa shape index (κ3) is 2.67. The number of aromatic nitrogens is 7. The fourth-order valence-corrected chi connectivity index (χ4v) is 3.34. The monoisotopic (exact) mass is 366 g/mol. The first kappa shape index (κ1) is 16.7. The van der Waals surface area contributed by atoms with Crippen molar-refractivity contribution in [1.82, 2.24) is 34.8 Å². The van der Waals surface area contributed by atoms with Gasteiger partial charge >= 0.3 is 6.18 Å². The van der Waals surface area contributed by atoms with E-state index in [0.717, 1.165) is 22.9 Å². The lowest BCUT2D eigenvalue weighted by atomic mass is 10.0. The van der Waals surface area contributed by atoms with Crippen molar-refractivity contribution in [1.29, 1.82) is 0 Å². The van der Waals surface area contributed by atoms with Crippen molar-refractivity contribution < 1.29 is 13.2 Å². The molecule has 1 saturated heterocycles. The first-order valence-corrected chi connectivity index (χ1v) is 8.27. The second-order valence-electron chi connectivity index (χ2n) is 6.43. The summed E-state index contributed by atoms with van der Waals surface area (Å²) in [6, 6.07) is 0.236. The average Bonchev–Trinajstić information content (AvgIpc) is 3.27. The number of hydrogen-bond acceptors (Lipinski definition) is 6. The van der Waals surface area contributed by atoms with Crippen molar-refractivity contribution in [2.75, 3.05) is 18.0 Å². The normalized spacial score (nSPS) is 16.6. The molecule has 4 heterocycles. The fraction of sp³-hybridized carbons (Fsp3) is 0.533.